The largest absolute Gasteiger partial charge is 0.478 e. The summed E-state index contributed by atoms with van der Waals surface area (Å²) in [5, 5.41) is 11.5. The first kappa shape index (κ1) is 16.4. The number of carboxylic acids is 1. The number of nitrogens with one attached hydrogen (secondary N) is 1. The first-order chi connectivity index (χ1) is 11.9. The van der Waals surface area contributed by atoms with Gasteiger partial charge in [-0.2, -0.15) is 0 Å². The maximum Gasteiger partial charge on any atom is 0.335 e. The second kappa shape index (κ2) is 6.20. The third kappa shape index (κ3) is 2.87. The number of rotatable bonds is 4. The summed E-state index contributed by atoms with van der Waals surface area (Å²) < 4.78 is 0. The third-order valence-electron chi connectivity index (χ3n) is 3.94. The summed E-state index contributed by atoms with van der Waals surface area (Å²) in [6, 6.07) is 10.0. The van der Waals surface area contributed by atoms with Crippen molar-refractivity contribution in [1.29, 1.82) is 0 Å². The fourth-order valence-corrected chi connectivity index (χ4v) is 2.62. The number of hydrogen-bond acceptors (Lipinski definition) is 4. The first-order valence-electron chi connectivity index (χ1n) is 7.57. The van der Waals surface area contributed by atoms with Gasteiger partial charge in [0.2, 0.25) is 0 Å². The summed E-state index contributed by atoms with van der Waals surface area (Å²) in [5.74, 6) is -2.29. The lowest BCUT2D eigenvalue weighted by Gasteiger charge is -2.08. The number of carbonyl (C=O) groups excluding carboxylic acids is 3. The van der Waals surface area contributed by atoms with Gasteiger partial charge in [0.1, 0.15) is 0 Å². The summed E-state index contributed by atoms with van der Waals surface area (Å²) in [4.78, 5) is 48.5. The average Bonchev–Trinajstić information content (AvgIpc) is 2.85. The maximum absolute atomic E-state index is 12.3. The number of imide groups is 1. The van der Waals surface area contributed by atoms with Gasteiger partial charge in [-0.15, -0.1) is 0 Å². The van der Waals surface area contributed by atoms with Gasteiger partial charge in [0.15, 0.2) is 0 Å². The zero-order valence-corrected chi connectivity index (χ0v) is 13.3. The van der Waals surface area contributed by atoms with Crippen molar-refractivity contribution in [3.8, 4) is 0 Å². The van der Waals surface area contributed by atoms with Gasteiger partial charge in [0.25, 0.3) is 17.7 Å². The van der Waals surface area contributed by atoms with Crippen LogP contribution in [0, 0.1) is 0 Å². The van der Waals surface area contributed by atoms with Gasteiger partial charge < -0.3 is 10.4 Å². The fourth-order valence-electron chi connectivity index (χ4n) is 2.62. The standard InChI is InChI=1S/C18H14N2O5/c1-2-20-16(22)13-8-5-11(9-14(13)17(20)23)15(21)19-12-6-3-10(4-7-12)18(24)25/h3-9H,2H2,1H3,(H,19,21)(H,24,25). The maximum atomic E-state index is 12.3. The minimum Gasteiger partial charge on any atom is -0.478 e. The third-order valence-corrected chi connectivity index (χ3v) is 3.94. The quantitative estimate of drug-likeness (QED) is 0.832. The predicted molar refractivity (Wildman–Crippen MR) is 88.8 cm³/mol. The number of benzene rings is 2. The molecular weight excluding hydrogens is 324 g/mol. The zero-order chi connectivity index (χ0) is 18.1. The van der Waals surface area contributed by atoms with Crippen LogP contribution in [0.15, 0.2) is 42.5 Å². The highest BCUT2D eigenvalue weighted by atomic mass is 16.4. The van der Waals surface area contributed by atoms with Crippen LogP contribution in [-0.4, -0.2) is 40.2 Å². The van der Waals surface area contributed by atoms with E-state index in [1.807, 2.05) is 0 Å². The molecule has 0 bridgehead atoms. The predicted octanol–water partition coefficient (Wildman–Crippen LogP) is 2.25. The van der Waals surface area contributed by atoms with Gasteiger partial charge in [-0.3, -0.25) is 19.3 Å². The Bertz CT molecular complexity index is 902. The van der Waals surface area contributed by atoms with E-state index in [0.717, 1.165) is 4.90 Å². The van der Waals surface area contributed by atoms with Crippen molar-refractivity contribution in [2.45, 2.75) is 6.92 Å². The summed E-state index contributed by atoms with van der Waals surface area (Å²) in [5.41, 5.74) is 1.27. The van der Waals surface area contributed by atoms with Crippen LogP contribution in [-0.2, 0) is 0 Å². The molecule has 0 aliphatic carbocycles. The number of fused-ring (bicyclic) bond motifs is 1. The van der Waals surface area contributed by atoms with Crippen LogP contribution < -0.4 is 5.32 Å². The van der Waals surface area contributed by atoms with Crippen molar-refractivity contribution in [2.24, 2.45) is 0 Å². The molecule has 0 fully saturated rings. The zero-order valence-electron chi connectivity index (χ0n) is 13.3. The Hall–Kier alpha value is -3.48. The molecule has 1 heterocycles. The minimum atomic E-state index is -1.06. The number of anilines is 1. The highest BCUT2D eigenvalue weighted by Gasteiger charge is 2.34. The normalized spacial score (nSPS) is 12.9. The van der Waals surface area contributed by atoms with Gasteiger partial charge >= 0.3 is 5.97 Å². The smallest absolute Gasteiger partial charge is 0.335 e. The van der Waals surface area contributed by atoms with Crippen molar-refractivity contribution in [3.05, 3.63) is 64.7 Å². The summed E-state index contributed by atoms with van der Waals surface area (Å²) in [7, 11) is 0. The van der Waals surface area contributed by atoms with Gasteiger partial charge in [-0.05, 0) is 49.4 Å². The van der Waals surface area contributed by atoms with Crippen molar-refractivity contribution in [2.75, 3.05) is 11.9 Å². The molecule has 126 valence electrons. The molecule has 2 aromatic rings. The molecule has 0 saturated carbocycles. The van der Waals surface area contributed by atoms with E-state index >= 15 is 0 Å². The molecule has 0 radical (unpaired) electrons. The van der Waals surface area contributed by atoms with Gasteiger partial charge in [0, 0.05) is 17.8 Å². The molecule has 1 aliphatic heterocycles. The summed E-state index contributed by atoms with van der Waals surface area (Å²) in [6.45, 7) is 1.97. The number of carbonyl (C=O) groups is 4. The van der Waals surface area contributed by atoms with E-state index in [-0.39, 0.29) is 34.7 Å². The molecule has 3 amide bonds. The topological polar surface area (TPSA) is 104 Å². The Morgan fingerprint density at radius 2 is 1.56 bits per heavy atom. The molecule has 0 aromatic heterocycles. The van der Waals surface area contributed by atoms with Crippen LogP contribution in [0.5, 0.6) is 0 Å². The van der Waals surface area contributed by atoms with Crippen LogP contribution in [0.2, 0.25) is 0 Å². The van der Waals surface area contributed by atoms with Crippen molar-refractivity contribution in [3.63, 3.8) is 0 Å². The Morgan fingerprint density at radius 1 is 0.960 bits per heavy atom. The summed E-state index contributed by atoms with van der Waals surface area (Å²) >= 11 is 0. The van der Waals surface area contributed by atoms with E-state index in [0.29, 0.717) is 5.69 Å². The van der Waals surface area contributed by atoms with Crippen molar-refractivity contribution in [1.82, 2.24) is 4.90 Å². The van der Waals surface area contributed by atoms with E-state index in [1.165, 1.54) is 42.5 Å². The minimum absolute atomic E-state index is 0.110. The Kier molecular flexibility index (Phi) is 4.06. The summed E-state index contributed by atoms with van der Waals surface area (Å²) in [6.07, 6.45) is 0. The number of carboxylic acid groups (broad SMARTS) is 1. The average molecular weight is 338 g/mol. The van der Waals surface area contributed by atoms with E-state index in [9.17, 15) is 19.2 Å². The Morgan fingerprint density at radius 3 is 2.16 bits per heavy atom. The van der Waals surface area contributed by atoms with Crippen LogP contribution >= 0.6 is 0 Å². The molecule has 1 aliphatic rings. The molecule has 2 aromatic carbocycles. The lowest BCUT2D eigenvalue weighted by atomic mass is 10.1. The highest BCUT2D eigenvalue weighted by Crippen LogP contribution is 2.24. The monoisotopic (exact) mass is 338 g/mol. The van der Waals surface area contributed by atoms with Crippen LogP contribution in [0.25, 0.3) is 0 Å². The molecule has 7 nitrogen and oxygen atoms in total. The lowest BCUT2D eigenvalue weighted by Crippen LogP contribution is -2.29. The van der Waals surface area contributed by atoms with E-state index in [1.54, 1.807) is 6.92 Å². The molecule has 2 N–H and O–H groups in total. The van der Waals surface area contributed by atoms with E-state index in [2.05, 4.69) is 5.32 Å². The second-order valence-corrected chi connectivity index (χ2v) is 5.45. The Balaban J connectivity index is 1.82. The van der Waals surface area contributed by atoms with Crippen LogP contribution in [0.1, 0.15) is 48.4 Å². The molecule has 3 rings (SSSR count). The van der Waals surface area contributed by atoms with Crippen LogP contribution in [0.4, 0.5) is 5.69 Å². The molecule has 0 unspecified atom stereocenters. The van der Waals surface area contributed by atoms with Gasteiger partial charge in [-0.1, -0.05) is 0 Å². The molecule has 7 heteroatoms. The second-order valence-electron chi connectivity index (χ2n) is 5.45. The molecule has 0 saturated heterocycles. The van der Waals surface area contributed by atoms with E-state index in [4.69, 9.17) is 5.11 Å². The van der Waals surface area contributed by atoms with E-state index < -0.39 is 17.8 Å². The number of nitrogens with zero attached hydrogens (tertiary/aromatic N) is 1. The van der Waals surface area contributed by atoms with Gasteiger partial charge in [-0.25, -0.2) is 4.79 Å². The molecule has 0 spiro atoms. The van der Waals surface area contributed by atoms with Crippen molar-refractivity contribution < 1.29 is 24.3 Å². The first-order valence-corrected chi connectivity index (χ1v) is 7.57. The number of amides is 3. The lowest BCUT2D eigenvalue weighted by molar-refractivity contribution is 0.0658. The fraction of sp³-hybridized carbons (Fsp3) is 0.111. The molecular formula is C18H14N2O5. The highest BCUT2D eigenvalue weighted by molar-refractivity contribution is 6.22. The number of aromatic carboxylic acids is 1. The Labute approximate surface area is 142 Å². The van der Waals surface area contributed by atoms with Crippen molar-refractivity contribution >= 4 is 29.4 Å². The number of hydrogen-bond donors (Lipinski definition) is 2. The van der Waals surface area contributed by atoms with Gasteiger partial charge in [0.05, 0.1) is 16.7 Å². The molecule has 0 atom stereocenters. The van der Waals surface area contributed by atoms with Crippen LogP contribution in [0.3, 0.4) is 0 Å². The SMILES string of the molecule is CCN1C(=O)c2ccc(C(=O)Nc3ccc(C(=O)O)cc3)cc2C1=O. The molecule has 25 heavy (non-hydrogen) atoms.